The Kier molecular flexibility index (Phi) is 10.2. The monoisotopic (exact) mass is 626 g/mol. The lowest BCUT2D eigenvalue weighted by molar-refractivity contribution is -0.00555. The Morgan fingerprint density at radius 1 is 0.644 bits per heavy atom. The number of benzene rings is 4. The molecule has 6 nitrogen and oxygen atoms in total. The summed E-state index contributed by atoms with van der Waals surface area (Å²) in [6.07, 6.45) is 0. The molecule has 1 fully saturated rings. The van der Waals surface area contributed by atoms with Crippen LogP contribution in [0.2, 0.25) is 0 Å². The van der Waals surface area contributed by atoms with Crippen molar-refractivity contribution in [2.75, 3.05) is 52.5 Å². The van der Waals surface area contributed by atoms with Crippen LogP contribution in [0.15, 0.2) is 84.9 Å². The molecule has 1 aliphatic heterocycles. The molecule has 1 heterocycles. The fourth-order valence-corrected chi connectivity index (χ4v) is 5.47. The molecule has 45 heavy (non-hydrogen) atoms. The van der Waals surface area contributed by atoms with Gasteiger partial charge in [0.15, 0.2) is 0 Å². The minimum atomic E-state index is -2.35. The molecule has 0 unspecified atom stereocenters. The van der Waals surface area contributed by atoms with Crippen LogP contribution in [0.3, 0.4) is 0 Å². The first-order valence-electron chi connectivity index (χ1n) is 14.4. The number of halogens is 5. The van der Waals surface area contributed by atoms with Gasteiger partial charge in [-0.2, -0.15) is 8.78 Å². The van der Waals surface area contributed by atoms with E-state index < -0.39 is 46.4 Å². The average Bonchev–Trinajstić information content (AvgIpc) is 3.08. The third-order valence-electron chi connectivity index (χ3n) is 7.86. The van der Waals surface area contributed by atoms with Crippen LogP contribution < -0.4 is 4.74 Å². The van der Waals surface area contributed by atoms with E-state index in [1.807, 2.05) is 60.7 Å². The van der Waals surface area contributed by atoms with Crippen molar-refractivity contribution in [2.45, 2.75) is 5.60 Å². The lowest BCUT2D eigenvalue weighted by atomic mass is 9.80. The third-order valence-corrected chi connectivity index (χ3v) is 7.86. The number of piperazine rings is 1. The molecule has 11 heteroatoms. The van der Waals surface area contributed by atoms with Crippen LogP contribution in [-0.2, 0) is 10.3 Å². The highest BCUT2D eigenvalue weighted by Crippen LogP contribution is 2.41. The van der Waals surface area contributed by atoms with Gasteiger partial charge in [-0.15, -0.1) is 0 Å². The molecule has 1 N–H and O–H groups in total. The van der Waals surface area contributed by atoms with Crippen molar-refractivity contribution < 1.29 is 41.3 Å². The maximum atomic E-state index is 14.2. The van der Waals surface area contributed by atoms with E-state index in [-0.39, 0.29) is 12.2 Å². The molecule has 0 aliphatic carbocycles. The second-order valence-electron chi connectivity index (χ2n) is 10.5. The van der Waals surface area contributed by atoms with E-state index in [1.54, 1.807) is 12.1 Å². The second kappa shape index (κ2) is 14.3. The summed E-state index contributed by atoms with van der Waals surface area (Å²) in [6.45, 7) is 5.07. The number of β-amino-alcohol motifs (C(OH)–C–C–N with tert-alkyl or cyclic N) is 1. The predicted octanol–water partition coefficient (Wildman–Crippen LogP) is 5.52. The molecule has 4 aromatic rings. The minimum absolute atomic E-state index is 0.118. The van der Waals surface area contributed by atoms with Gasteiger partial charge in [0.2, 0.25) is 34.8 Å². The molecule has 0 radical (unpaired) electrons. The van der Waals surface area contributed by atoms with Crippen molar-refractivity contribution in [2.24, 2.45) is 0 Å². The summed E-state index contributed by atoms with van der Waals surface area (Å²) in [7, 11) is 0. The van der Waals surface area contributed by atoms with Gasteiger partial charge in [-0.05, 0) is 28.8 Å². The van der Waals surface area contributed by atoms with Gasteiger partial charge < -0.3 is 14.6 Å². The zero-order chi connectivity index (χ0) is 32.0. The molecule has 1 saturated heterocycles. The van der Waals surface area contributed by atoms with Crippen LogP contribution in [0.5, 0.6) is 5.75 Å². The number of esters is 1. The molecule has 0 aromatic heterocycles. The highest BCUT2D eigenvalue weighted by atomic mass is 19.2. The molecule has 4 aromatic carbocycles. The largest absolute Gasteiger partial charge is 0.416 e. The molecule has 5 rings (SSSR count). The van der Waals surface area contributed by atoms with E-state index in [2.05, 4.69) is 14.5 Å². The molecule has 0 saturated carbocycles. The zero-order valence-corrected chi connectivity index (χ0v) is 24.2. The first kappa shape index (κ1) is 32.2. The SMILES string of the molecule is O=C(Oc1c(F)c(F)c(F)c(F)c1F)c1ccc(C(OCCN2CCN(CCO)CC2)(c2ccccc2)c2ccccc2)cc1. The molecular weight excluding hydrogens is 595 g/mol. The summed E-state index contributed by atoms with van der Waals surface area (Å²) in [6, 6.07) is 24.9. The van der Waals surface area contributed by atoms with E-state index in [0.29, 0.717) is 25.3 Å². The Balaban J connectivity index is 1.45. The van der Waals surface area contributed by atoms with E-state index in [0.717, 1.165) is 37.3 Å². The maximum absolute atomic E-state index is 14.2. The molecule has 0 spiro atoms. The van der Waals surface area contributed by atoms with Crippen LogP contribution in [0.1, 0.15) is 27.0 Å². The van der Waals surface area contributed by atoms with E-state index in [9.17, 15) is 31.9 Å². The Morgan fingerprint density at radius 2 is 1.09 bits per heavy atom. The van der Waals surface area contributed by atoms with Gasteiger partial charge in [-0.3, -0.25) is 9.80 Å². The standard InChI is InChI=1S/C34H31F5N2O4/c35-27-28(36)30(38)32(31(39)29(27)37)45-33(43)23-11-13-26(14-12-23)34(24-7-3-1-4-8-24,25-9-5-2-6-10-25)44-22-20-41-17-15-40(16-18-41)19-21-42/h1-14,42H,15-22H2. The summed E-state index contributed by atoms with van der Waals surface area (Å²) in [4.78, 5) is 17.3. The normalized spacial score (nSPS) is 14.4. The summed E-state index contributed by atoms with van der Waals surface area (Å²) in [5, 5.41) is 9.23. The van der Waals surface area contributed by atoms with Crippen molar-refractivity contribution in [3.63, 3.8) is 0 Å². The minimum Gasteiger partial charge on any atom is -0.416 e. The number of rotatable bonds is 11. The Labute approximate surface area is 257 Å². The molecule has 0 amide bonds. The van der Waals surface area contributed by atoms with Gasteiger partial charge in [-0.1, -0.05) is 72.8 Å². The van der Waals surface area contributed by atoms with E-state index >= 15 is 0 Å². The van der Waals surface area contributed by atoms with Gasteiger partial charge in [-0.25, -0.2) is 18.0 Å². The summed E-state index contributed by atoms with van der Waals surface area (Å²) in [5.41, 5.74) is 0.922. The van der Waals surface area contributed by atoms with E-state index in [1.165, 1.54) is 12.1 Å². The Hall–Kier alpha value is -4.16. The molecule has 0 bridgehead atoms. The number of ether oxygens (including phenoxy) is 2. The first-order valence-corrected chi connectivity index (χ1v) is 14.4. The molecular formula is C34H31F5N2O4. The fourth-order valence-electron chi connectivity index (χ4n) is 5.47. The van der Waals surface area contributed by atoms with Crippen molar-refractivity contribution in [3.05, 3.63) is 136 Å². The lowest BCUT2D eigenvalue weighted by Crippen LogP contribution is -2.48. The quantitative estimate of drug-likeness (QED) is 0.0591. The van der Waals surface area contributed by atoms with Crippen LogP contribution in [0.4, 0.5) is 22.0 Å². The third kappa shape index (κ3) is 6.76. The average molecular weight is 627 g/mol. The van der Waals surface area contributed by atoms with Crippen LogP contribution >= 0.6 is 0 Å². The van der Waals surface area contributed by atoms with Gasteiger partial charge in [0.1, 0.15) is 5.60 Å². The number of carbonyl (C=O) groups is 1. The summed E-state index contributed by atoms with van der Waals surface area (Å²) < 4.78 is 80.5. The van der Waals surface area contributed by atoms with Crippen molar-refractivity contribution in [1.82, 2.24) is 9.80 Å². The van der Waals surface area contributed by atoms with Crippen molar-refractivity contribution in [1.29, 1.82) is 0 Å². The van der Waals surface area contributed by atoms with Crippen molar-refractivity contribution >= 4 is 5.97 Å². The maximum Gasteiger partial charge on any atom is 0.343 e. The predicted molar refractivity (Wildman–Crippen MR) is 156 cm³/mol. The summed E-state index contributed by atoms with van der Waals surface area (Å²) in [5.74, 6) is -14.3. The van der Waals surface area contributed by atoms with Gasteiger partial charge in [0.25, 0.3) is 0 Å². The van der Waals surface area contributed by atoms with Crippen LogP contribution in [-0.4, -0.2) is 73.4 Å². The Morgan fingerprint density at radius 3 is 1.58 bits per heavy atom. The smallest absolute Gasteiger partial charge is 0.343 e. The van der Waals surface area contributed by atoms with E-state index in [4.69, 9.17) is 4.74 Å². The number of hydrogen-bond donors (Lipinski definition) is 1. The van der Waals surface area contributed by atoms with Crippen molar-refractivity contribution in [3.8, 4) is 5.75 Å². The lowest BCUT2D eigenvalue weighted by Gasteiger charge is -2.38. The number of aliphatic hydroxyl groups excluding tert-OH is 1. The second-order valence-corrected chi connectivity index (χ2v) is 10.5. The van der Waals surface area contributed by atoms with Crippen LogP contribution in [0.25, 0.3) is 0 Å². The number of carbonyl (C=O) groups excluding carboxylic acids is 1. The highest BCUT2D eigenvalue weighted by molar-refractivity contribution is 5.91. The topological polar surface area (TPSA) is 62.2 Å². The van der Waals surface area contributed by atoms with Gasteiger partial charge in [0.05, 0.1) is 18.8 Å². The first-order chi connectivity index (χ1) is 21.8. The van der Waals surface area contributed by atoms with Gasteiger partial charge >= 0.3 is 5.97 Å². The van der Waals surface area contributed by atoms with Crippen LogP contribution in [0, 0.1) is 29.1 Å². The fraction of sp³-hybridized carbons (Fsp3) is 0.265. The number of nitrogens with zero attached hydrogens (tertiary/aromatic N) is 2. The van der Waals surface area contributed by atoms with Gasteiger partial charge in [0, 0.05) is 39.3 Å². The number of aliphatic hydroxyl groups is 1. The zero-order valence-electron chi connectivity index (χ0n) is 24.2. The molecule has 236 valence electrons. The summed E-state index contributed by atoms with van der Waals surface area (Å²) >= 11 is 0. The molecule has 0 atom stereocenters. The number of hydrogen-bond acceptors (Lipinski definition) is 6. The Bertz CT molecular complexity index is 1530. The highest BCUT2D eigenvalue weighted by Gasteiger charge is 2.38. The molecule has 1 aliphatic rings.